The van der Waals surface area contributed by atoms with Crippen LogP contribution in [0.15, 0.2) is 30.5 Å². The van der Waals surface area contributed by atoms with Crippen LogP contribution in [0.3, 0.4) is 0 Å². The summed E-state index contributed by atoms with van der Waals surface area (Å²) in [6.45, 7) is 4.98. The van der Waals surface area contributed by atoms with Gasteiger partial charge in [-0.2, -0.15) is 0 Å². The SMILES string of the molecule is [B]c1ccc(-c2cnc([C@@H]3CCCN3C(=O)CC(C)C)[nH]2)cc1. The molecule has 0 unspecified atom stereocenters. The molecule has 1 aromatic carbocycles. The number of benzene rings is 1. The smallest absolute Gasteiger partial charge is 0.223 e. The van der Waals surface area contributed by atoms with Crippen molar-refractivity contribution < 1.29 is 4.79 Å². The molecule has 1 aliphatic rings. The van der Waals surface area contributed by atoms with Crippen molar-refractivity contribution in [2.75, 3.05) is 6.54 Å². The molecule has 4 nitrogen and oxygen atoms in total. The maximum Gasteiger partial charge on any atom is 0.223 e. The number of amides is 1. The number of hydrogen-bond donors (Lipinski definition) is 1. The Morgan fingerprint density at radius 2 is 2.13 bits per heavy atom. The molecule has 1 atom stereocenters. The van der Waals surface area contributed by atoms with Gasteiger partial charge in [0.2, 0.25) is 5.91 Å². The Hall–Kier alpha value is -2.04. The highest BCUT2D eigenvalue weighted by Gasteiger charge is 2.31. The zero-order chi connectivity index (χ0) is 16.4. The molecule has 118 valence electrons. The fourth-order valence-electron chi connectivity index (χ4n) is 3.13. The lowest BCUT2D eigenvalue weighted by Crippen LogP contribution is -2.31. The average Bonchev–Trinajstić information content (AvgIpc) is 3.16. The summed E-state index contributed by atoms with van der Waals surface area (Å²) in [4.78, 5) is 22.3. The fraction of sp³-hybridized carbons (Fsp3) is 0.444. The van der Waals surface area contributed by atoms with E-state index in [0.29, 0.717) is 12.3 Å². The molecule has 1 aromatic heterocycles. The van der Waals surface area contributed by atoms with Gasteiger partial charge in [-0.3, -0.25) is 4.79 Å². The third-order valence-corrected chi connectivity index (χ3v) is 4.29. The highest BCUT2D eigenvalue weighted by atomic mass is 16.2. The number of likely N-dealkylation sites (tertiary alicyclic amines) is 1. The third kappa shape index (κ3) is 3.49. The highest BCUT2D eigenvalue weighted by molar-refractivity contribution is 6.32. The Bertz CT molecular complexity index is 678. The number of aromatic nitrogens is 2. The lowest BCUT2D eigenvalue weighted by molar-refractivity contribution is -0.133. The van der Waals surface area contributed by atoms with Crippen molar-refractivity contribution in [1.82, 2.24) is 14.9 Å². The number of nitrogens with one attached hydrogen (secondary N) is 1. The number of hydrogen-bond acceptors (Lipinski definition) is 2. The molecule has 0 bridgehead atoms. The van der Waals surface area contributed by atoms with Crippen LogP contribution in [0.2, 0.25) is 0 Å². The molecule has 5 heteroatoms. The van der Waals surface area contributed by atoms with E-state index < -0.39 is 0 Å². The summed E-state index contributed by atoms with van der Waals surface area (Å²) in [6.07, 6.45) is 4.44. The van der Waals surface area contributed by atoms with E-state index in [1.165, 1.54) is 0 Å². The number of imidazole rings is 1. The summed E-state index contributed by atoms with van der Waals surface area (Å²) in [7, 11) is 5.73. The predicted molar refractivity (Wildman–Crippen MR) is 92.6 cm³/mol. The summed E-state index contributed by atoms with van der Waals surface area (Å²) >= 11 is 0. The summed E-state index contributed by atoms with van der Waals surface area (Å²) in [5.74, 6) is 1.49. The van der Waals surface area contributed by atoms with Gasteiger partial charge in [0.1, 0.15) is 13.7 Å². The first-order valence-electron chi connectivity index (χ1n) is 8.25. The van der Waals surface area contributed by atoms with Gasteiger partial charge in [0, 0.05) is 13.0 Å². The maximum atomic E-state index is 12.4. The van der Waals surface area contributed by atoms with Crippen LogP contribution in [0.25, 0.3) is 11.3 Å². The number of rotatable bonds is 4. The molecule has 3 rings (SSSR count). The summed E-state index contributed by atoms with van der Waals surface area (Å²) in [5, 5.41) is 0. The Balaban J connectivity index is 1.79. The van der Waals surface area contributed by atoms with E-state index in [4.69, 9.17) is 7.85 Å². The summed E-state index contributed by atoms with van der Waals surface area (Å²) < 4.78 is 0. The van der Waals surface area contributed by atoms with Gasteiger partial charge in [-0.15, -0.1) is 0 Å². The second kappa shape index (κ2) is 6.61. The van der Waals surface area contributed by atoms with Gasteiger partial charge in [0.15, 0.2) is 0 Å². The molecule has 23 heavy (non-hydrogen) atoms. The van der Waals surface area contributed by atoms with Crippen LogP contribution >= 0.6 is 0 Å². The number of carbonyl (C=O) groups is 1. The maximum absolute atomic E-state index is 12.4. The Morgan fingerprint density at radius 3 is 2.83 bits per heavy atom. The lowest BCUT2D eigenvalue weighted by atomic mass is 9.95. The van der Waals surface area contributed by atoms with Crippen LogP contribution in [0.1, 0.15) is 45.0 Å². The van der Waals surface area contributed by atoms with E-state index in [2.05, 4.69) is 23.8 Å². The molecule has 2 aromatic rings. The molecule has 1 N–H and O–H groups in total. The minimum absolute atomic E-state index is 0.0729. The zero-order valence-electron chi connectivity index (χ0n) is 13.7. The van der Waals surface area contributed by atoms with Gasteiger partial charge < -0.3 is 9.88 Å². The topological polar surface area (TPSA) is 49.0 Å². The average molecular weight is 307 g/mol. The molecular formula is C18H22BN3O. The Morgan fingerprint density at radius 1 is 1.39 bits per heavy atom. The highest BCUT2D eigenvalue weighted by Crippen LogP contribution is 2.32. The van der Waals surface area contributed by atoms with Crippen molar-refractivity contribution in [2.45, 2.75) is 39.2 Å². The molecule has 0 aliphatic carbocycles. The zero-order valence-corrected chi connectivity index (χ0v) is 13.7. The number of carbonyl (C=O) groups excluding carboxylic acids is 1. The van der Waals surface area contributed by atoms with E-state index in [1.807, 2.05) is 35.4 Å². The van der Waals surface area contributed by atoms with Crippen molar-refractivity contribution in [3.8, 4) is 11.3 Å². The van der Waals surface area contributed by atoms with Crippen LogP contribution in [0.5, 0.6) is 0 Å². The molecular weight excluding hydrogens is 285 g/mol. The number of H-pyrrole nitrogens is 1. The first-order valence-corrected chi connectivity index (χ1v) is 8.25. The summed E-state index contributed by atoms with van der Waals surface area (Å²) in [5.41, 5.74) is 2.76. The van der Waals surface area contributed by atoms with Crippen LogP contribution in [0.4, 0.5) is 0 Å². The van der Waals surface area contributed by atoms with Crippen molar-refractivity contribution in [1.29, 1.82) is 0 Å². The standard InChI is InChI=1S/C18H22BN3O/c1-12(2)10-17(23)22-9-3-4-16(22)18-20-11-15(21-18)13-5-7-14(19)8-6-13/h5-8,11-12,16H,3-4,9-10H2,1-2H3,(H,20,21)/t16-/m0/s1. The Labute approximate surface area is 138 Å². The van der Waals surface area contributed by atoms with Gasteiger partial charge in [-0.05, 0) is 24.3 Å². The second-order valence-electron chi connectivity index (χ2n) is 6.65. The van der Waals surface area contributed by atoms with Gasteiger partial charge in [-0.1, -0.05) is 43.6 Å². The molecule has 1 saturated heterocycles. The molecule has 1 aliphatic heterocycles. The monoisotopic (exact) mass is 307 g/mol. The van der Waals surface area contributed by atoms with Crippen molar-refractivity contribution in [3.05, 3.63) is 36.3 Å². The largest absolute Gasteiger partial charge is 0.340 e. The molecule has 2 radical (unpaired) electrons. The first-order chi connectivity index (χ1) is 11.0. The van der Waals surface area contributed by atoms with Crippen LogP contribution in [0, 0.1) is 5.92 Å². The fourth-order valence-corrected chi connectivity index (χ4v) is 3.13. The normalized spacial score (nSPS) is 17.9. The van der Waals surface area contributed by atoms with E-state index in [9.17, 15) is 4.79 Å². The van der Waals surface area contributed by atoms with Crippen molar-refractivity contribution in [2.24, 2.45) is 5.92 Å². The van der Waals surface area contributed by atoms with E-state index >= 15 is 0 Å². The molecule has 0 saturated carbocycles. The van der Waals surface area contributed by atoms with Gasteiger partial charge in [-0.25, -0.2) is 4.98 Å². The molecule has 1 fully saturated rings. The molecule has 2 heterocycles. The number of aromatic amines is 1. The van der Waals surface area contributed by atoms with Gasteiger partial charge in [0.05, 0.1) is 17.9 Å². The summed E-state index contributed by atoms with van der Waals surface area (Å²) in [6, 6.07) is 7.78. The third-order valence-electron chi connectivity index (χ3n) is 4.29. The van der Waals surface area contributed by atoms with Crippen molar-refractivity contribution in [3.63, 3.8) is 0 Å². The van der Waals surface area contributed by atoms with E-state index in [0.717, 1.165) is 41.9 Å². The molecule has 0 spiro atoms. The van der Waals surface area contributed by atoms with Gasteiger partial charge in [0.25, 0.3) is 0 Å². The minimum Gasteiger partial charge on any atom is -0.340 e. The second-order valence-corrected chi connectivity index (χ2v) is 6.65. The number of nitrogens with zero attached hydrogens (tertiary/aromatic N) is 2. The predicted octanol–water partition coefficient (Wildman–Crippen LogP) is 2.58. The van der Waals surface area contributed by atoms with E-state index in [1.54, 1.807) is 0 Å². The van der Waals surface area contributed by atoms with Crippen LogP contribution in [-0.2, 0) is 4.79 Å². The Kier molecular flexibility index (Phi) is 4.55. The first kappa shape index (κ1) is 15.8. The quantitative estimate of drug-likeness (QED) is 0.883. The van der Waals surface area contributed by atoms with Gasteiger partial charge >= 0.3 is 0 Å². The van der Waals surface area contributed by atoms with Crippen LogP contribution < -0.4 is 5.46 Å². The molecule has 1 amide bonds. The minimum atomic E-state index is 0.0729. The van der Waals surface area contributed by atoms with Crippen molar-refractivity contribution >= 4 is 19.2 Å². The lowest BCUT2D eigenvalue weighted by Gasteiger charge is -2.24. The van der Waals surface area contributed by atoms with E-state index in [-0.39, 0.29) is 11.9 Å². The van der Waals surface area contributed by atoms with Crippen LogP contribution in [-0.4, -0.2) is 35.2 Å².